The smallest absolute Gasteiger partial charge is 0.410 e. The van der Waals surface area contributed by atoms with Crippen LogP contribution in [0.3, 0.4) is 0 Å². The molecule has 1 fully saturated rings. The van der Waals surface area contributed by atoms with Crippen LogP contribution in [0.1, 0.15) is 40.0 Å². The van der Waals surface area contributed by atoms with Crippen molar-refractivity contribution in [3.05, 3.63) is 0 Å². The number of hydrogen-bond acceptors (Lipinski definition) is 3. The molecule has 1 atom stereocenters. The molecule has 2 N–H and O–H groups in total. The first-order valence-electron chi connectivity index (χ1n) is 6.10. The molecule has 1 aliphatic heterocycles. The molecule has 0 aromatic carbocycles. The minimum atomic E-state index is -0.396. The number of likely N-dealkylation sites (tertiary alicyclic amines) is 1. The monoisotopic (exact) mass is 228 g/mol. The maximum absolute atomic E-state index is 11.8. The summed E-state index contributed by atoms with van der Waals surface area (Å²) in [6, 6.07) is 0. The van der Waals surface area contributed by atoms with Crippen molar-refractivity contribution in [1.82, 2.24) is 4.90 Å². The first-order valence-corrected chi connectivity index (χ1v) is 6.10. The van der Waals surface area contributed by atoms with Crippen molar-refractivity contribution in [2.75, 3.05) is 19.6 Å². The van der Waals surface area contributed by atoms with Crippen LogP contribution < -0.4 is 5.73 Å². The highest BCUT2D eigenvalue weighted by atomic mass is 16.6. The molecule has 94 valence electrons. The second kappa shape index (κ2) is 5.53. The lowest BCUT2D eigenvalue weighted by Gasteiger charge is -2.24. The van der Waals surface area contributed by atoms with Crippen LogP contribution in [0.5, 0.6) is 0 Å². The average Bonchev–Trinajstić information content (AvgIpc) is 2.60. The number of nitrogens with zero attached hydrogens (tertiary/aromatic N) is 1. The summed E-state index contributed by atoms with van der Waals surface area (Å²) in [7, 11) is 0. The van der Waals surface area contributed by atoms with E-state index in [1.165, 1.54) is 0 Å². The van der Waals surface area contributed by atoms with E-state index in [4.69, 9.17) is 10.5 Å². The minimum absolute atomic E-state index is 0.178. The predicted molar refractivity (Wildman–Crippen MR) is 64.2 cm³/mol. The van der Waals surface area contributed by atoms with Gasteiger partial charge in [0.1, 0.15) is 5.60 Å². The molecule has 0 unspecified atom stereocenters. The van der Waals surface area contributed by atoms with Crippen LogP contribution in [0.2, 0.25) is 0 Å². The topological polar surface area (TPSA) is 55.6 Å². The normalized spacial score (nSPS) is 21.2. The highest BCUT2D eigenvalue weighted by molar-refractivity contribution is 5.68. The number of ether oxygens (including phenoxy) is 1. The van der Waals surface area contributed by atoms with Crippen LogP contribution in [-0.2, 0) is 4.74 Å². The Bertz CT molecular complexity index is 236. The third kappa shape index (κ3) is 4.39. The van der Waals surface area contributed by atoms with Gasteiger partial charge in [-0.05, 0) is 52.5 Å². The van der Waals surface area contributed by atoms with Crippen LogP contribution in [0.15, 0.2) is 0 Å². The van der Waals surface area contributed by atoms with Gasteiger partial charge < -0.3 is 15.4 Å². The van der Waals surface area contributed by atoms with Gasteiger partial charge in [-0.25, -0.2) is 4.79 Å². The molecule has 1 amide bonds. The lowest BCUT2D eigenvalue weighted by Crippen LogP contribution is -2.35. The Hall–Kier alpha value is -0.770. The van der Waals surface area contributed by atoms with Crippen LogP contribution in [0.25, 0.3) is 0 Å². The molecular weight excluding hydrogens is 204 g/mol. The largest absolute Gasteiger partial charge is 0.444 e. The SMILES string of the molecule is CC(C)(C)OC(=O)N1CC[C@@H](CCCN)C1. The van der Waals surface area contributed by atoms with Crippen molar-refractivity contribution >= 4 is 6.09 Å². The zero-order valence-corrected chi connectivity index (χ0v) is 10.7. The summed E-state index contributed by atoms with van der Waals surface area (Å²) < 4.78 is 5.34. The number of nitrogens with two attached hydrogens (primary N) is 1. The van der Waals surface area contributed by atoms with E-state index in [2.05, 4.69) is 0 Å². The predicted octanol–water partition coefficient (Wildman–Crippen LogP) is 1.98. The molecular formula is C12H24N2O2. The summed E-state index contributed by atoms with van der Waals surface area (Å²) in [6.07, 6.45) is 3.07. The van der Waals surface area contributed by atoms with Gasteiger partial charge in [0, 0.05) is 13.1 Å². The molecule has 0 bridgehead atoms. The number of carbonyl (C=O) groups is 1. The molecule has 4 nitrogen and oxygen atoms in total. The van der Waals surface area contributed by atoms with E-state index >= 15 is 0 Å². The second-order valence-corrected chi connectivity index (χ2v) is 5.51. The van der Waals surface area contributed by atoms with Gasteiger partial charge in [0.25, 0.3) is 0 Å². The molecule has 0 aliphatic carbocycles. The van der Waals surface area contributed by atoms with E-state index in [0.29, 0.717) is 5.92 Å². The van der Waals surface area contributed by atoms with Crippen molar-refractivity contribution in [3.8, 4) is 0 Å². The summed E-state index contributed by atoms with van der Waals surface area (Å²) >= 11 is 0. The van der Waals surface area contributed by atoms with Gasteiger partial charge in [-0.15, -0.1) is 0 Å². The van der Waals surface area contributed by atoms with Gasteiger partial charge in [-0.3, -0.25) is 0 Å². The van der Waals surface area contributed by atoms with Crippen molar-refractivity contribution in [1.29, 1.82) is 0 Å². The van der Waals surface area contributed by atoms with E-state index in [9.17, 15) is 4.79 Å². The molecule has 0 aromatic heterocycles. The summed E-state index contributed by atoms with van der Waals surface area (Å²) in [4.78, 5) is 13.6. The van der Waals surface area contributed by atoms with Crippen LogP contribution in [0, 0.1) is 5.92 Å². The van der Waals surface area contributed by atoms with Crippen molar-refractivity contribution in [2.45, 2.75) is 45.6 Å². The lowest BCUT2D eigenvalue weighted by atomic mass is 10.0. The first-order chi connectivity index (χ1) is 7.42. The van der Waals surface area contributed by atoms with Gasteiger partial charge in [0.05, 0.1) is 0 Å². The molecule has 0 aromatic rings. The molecule has 1 rings (SSSR count). The van der Waals surface area contributed by atoms with Crippen LogP contribution in [0.4, 0.5) is 4.79 Å². The molecule has 4 heteroatoms. The van der Waals surface area contributed by atoms with Crippen LogP contribution in [-0.4, -0.2) is 36.2 Å². The fourth-order valence-electron chi connectivity index (χ4n) is 1.97. The Morgan fingerprint density at radius 2 is 2.19 bits per heavy atom. The maximum Gasteiger partial charge on any atom is 0.410 e. The van der Waals surface area contributed by atoms with Crippen molar-refractivity contribution in [2.24, 2.45) is 11.7 Å². The van der Waals surface area contributed by atoms with E-state index in [1.54, 1.807) is 0 Å². The van der Waals surface area contributed by atoms with Gasteiger partial charge in [-0.2, -0.15) is 0 Å². The molecule has 0 radical (unpaired) electrons. The maximum atomic E-state index is 11.8. The Morgan fingerprint density at radius 3 is 2.75 bits per heavy atom. The highest BCUT2D eigenvalue weighted by Gasteiger charge is 2.29. The summed E-state index contributed by atoms with van der Waals surface area (Å²) in [5.41, 5.74) is 5.08. The second-order valence-electron chi connectivity index (χ2n) is 5.51. The van der Waals surface area contributed by atoms with E-state index in [0.717, 1.165) is 38.9 Å². The number of carbonyl (C=O) groups excluding carboxylic acids is 1. The standard InChI is InChI=1S/C12H24N2O2/c1-12(2,3)16-11(15)14-8-6-10(9-14)5-4-7-13/h10H,4-9,13H2,1-3H3/t10-/m1/s1. The summed E-state index contributed by atoms with van der Waals surface area (Å²) in [5, 5.41) is 0. The zero-order valence-electron chi connectivity index (χ0n) is 10.7. The molecule has 0 spiro atoms. The third-order valence-electron chi connectivity index (χ3n) is 2.75. The number of amides is 1. The highest BCUT2D eigenvalue weighted by Crippen LogP contribution is 2.22. The molecule has 1 aliphatic rings. The van der Waals surface area contributed by atoms with E-state index in [-0.39, 0.29) is 6.09 Å². The van der Waals surface area contributed by atoms with Crippen molar-refractivity contribution < 1.29 is 9.53 Å². The Labute approximate surface area is 98.1 Å². The van der Waals surface area contributed by atoms with Crippen molar-refractivity contribution in [3.63, 3.8) is 0 Å². The van der Waals surface area contributed by atoms with Gasteiger partial charge in [-0.1, -0.05) is 0 Å². The molecule has 1 saturated heterocycles. The Morgan fingerprint density at radius 1 is 1.50 bits per heavy atom. The first kappa shape index (κ1) is 13.3. The van der Waals surface area contributed by atoms with E-state index in [1.807, 2.05) is 25.7 Å². The summed E-state index contributed by atoms with van der Waals surface area (Å²) in [5.74, 6) is 0.607. The van der Waals surface area contributed by atoms with Gasteiger partial charge >= 0.3 is 6.09 Å². The fourth-order valence-corrected chi connectivity index (χ4v) is 1.97. The Balaban J connectivity index is 2.32. The fraction of sp³-hybridized carbons (Fsp3) is 0.917. The third-order valence-corrected chi connectivity index (χ3v) is 2.75. The summed E-state index contributed by atoms with van der Waals surface area (Å²) in [6.45, 7) is 8.08. The zero-order chi connectivity index (χ0) is 12.2. The Kier molecular flexibility index (Phi) is 4.59. The van der Waals surface area contributed by atoms with Gasteiger partial charge in [0.2, 0.25) is 0 Å². The number of hydrogen-bond donors (Lipinski definition) is 1. The van der Waals surface area contributed by atoms with E-state index < -0.39 is 5.60 Å². The van der Waals surface area contributed by atoms with Gasteiger partial charge in [0.15, 0.2) is 0 Å². The lowest BCUT2D eigenvalue weighted by molar-refractivity contribution is 0.0287. The quantitative estimate of drug-likeness (QED) is 0.803. The number of rotatable bonds is 3. The average molecular weight is 228 g/mol. The molecule has 1 heterocycles. The molecule has 0 saturated carbocycles. The van der Waals surface area contributed by atoms with Crippen LogP contribution >= 0.6 is 0 Å². The minimum Gasteiger partial charge on any atom is -0.444 e. The molecule has 16 heavy (non-hydrogen) atoms.